The van der Waals surface area contributed by atoms with Crippen molar-refractivity contribution in [3.8, 4) is 11.3 Å². The van der Waals surface area contributed by atoms with Crippen LogP contribution in [0.25, 0.3) is 22.2 Å². The monoisotopic (exact) mass is 500 g/mol. The molecule has 3 aromatic rings. The zero-order valence-corrected chi connectivity index (χ0v) is 21.5. The van der Waals surface area contributed by atoms with Crippen LogP contribution in [0.5, 0.6) is 0 Å². The van der Waals surface area contributed by atoms with Crippen molar-refractivity contribution in [1.82, 2.24) is 9.55 Å². The van der Waals surface area contributed by atoms with E-state index in [4.69, 9.17) is 5.73 Å². The van der Waals surface area contributed by atoms with E-state index in [0.717, 1.165) is 37.7 Å². The number of fused-ring (bicyclic) bond motifs is 1. The fourth-order valence-electron chi connectivity index (χ4n) is 4.77. The van der Waals surface area contributed by atoms with E-state index in [9.17, 15) is 13.2 Å². The SMILES string of the molecule is CCc1cc(F)c2c(C(N)=O)c(-c3ccc(NS(=O)(=O)C(C)(C)C)nc3)n(C3CCCCC3)c2c1. The van der Waals surface area contributed by atoms with Gasteiger partial charge >= 0.3 is 0 Å². The first-order valence-corrected chi connectivity index (χ1v) is 13.6. The van der Waals surface area contributed by atoms with E-state index in [1.807, 2.05) is 13.0 Å². The van der Waals surface area contributed by atoms with Crippen molar-refractivity contribution >= 4 is 32.7 Å². The number of nitrogens with two attached hydrogens (primary N) is 1. The van der Waals surface area contributed by atoms with Crippen LogP contribution < -0.4 is 10.5 Å². The van der Waals surface area contributed by atoms with Crippen LogP contribution in [0.15, 0.2) is 30.5 Å². The number of anilines is 1. The van der Waals surface area contributed by atoms with Crippen LogP contribution in [0.3, 0.4) is 0 Å². The highest BCUT2D eigenvalue weighted by Crippen LogP contribution is 2.42. The minimum atomic E-state index is -3.65. The first kappa shape index (κ1) is 25.2. The van der Waals surface area contributed by atoms with E-state index in [0.29, 0.717) is 23.2 Å². The van der Waals surface area contributed by atoms with Gasteiger partial charge < -0.3 is 10.3 Å². The van der Waals surface area contributed by atoms with E-state index in [-0.39, 0.29) is 22.8 Å². The maximum absolute atomic E-state index is 15.4. The Bertz CT molecular complexity index is 1370. The number of benzene rings is 1. The first-order chi connectivity index (χ1) is 16.4. The number of halogens is 1. The number of hydrogen-bond donors (Lipinski definition) is 2. The zero-order valence-electron chi connectivity index (χ0n) is 20.7. The second kappa shape index (κ2) is 9.26. The van der Waals surface area contributed by atoms with E-state index in [2.05, 4.69) is 14.3 Å². The van der Waals surface area contributed by atoms with E-state index >= 15 is 4.39 Å². The number of carbonyl (C=O) groups is 1. The van der Waals surface area contributed by atoms with E-state index in [1.54, 1.807) is 32.9 Å². The molecule has 2 aromatic heterocycles. The quantitative estimate of drug-likeness (QED) is 0.463. The van der Waals surface area contributed by atoms with Crippen molar-refractivity contribution in [3.05, 3.63) is 47.4 Å². The van der Waals surface area contributed by atoms with Crippen molar-refractivity contribution in [2.75, 3.05) is 4.72 Å². The number of aromatic nitrogens is 2. The summed E-state index contributed by atoms with van der Waals surface area (Å²) < 4.78 is 44.0. The fourth-order valence-corrected chi connectivity index (χ4v) is 5.48. The summed E-state index contributed by atoms with van der Waals surface area (Å²) in [6, 6.07) is 6.76. The molecule has 9 heteroatoms. The van der Waals surface area contributed by atoms with Crippen molar-refractivity contribution in [3.63, 3.8) is 0 Å². The topological polar surface area (TPSA) is 107 Å². The summed E-state index contributed by atoms with van der Waals surface area (Å²) in [5.74, 6) is -1.00. The van der Waals surface area contributed by atoms with Gasteiger partial charge in [0.25, 0.3) is 5.91 Å². The third-order valence-corrected chi connectivity index (χ3v) is 8.88. The van der Waals surface area contributed by atoms with Gasteiger partial charge in [-0.05, 0) is 69.9 Å². The molecule has 0 aliphatic heterocycles. The molecule has 0 saturated heterocycles. The number of nitrogens with one attached hydrogen (secondary N) is 1. The Labute approximate surface area is 206 Å². The highest BCUT2D eigenvalue weighted by molar-refractivity contribution is 7.94. The highest BCUT2D eigenvalue weighted by atomic mass is 32.2. The normalized spacial score (nSPS) is 15.5. The zero-order chi connectivity index (χ0) is 25.5. The van der Waals surface area contributed by atoms with Crippen LogP contribution in [0.2, 0.25) is 0 Å². The van der Waals surface area contributed by atoms with Gasteiger partial charge in [0, 0.05) is 23.2 Å². The minimum Gasteiger partial charge on any atom is -0.366 e. The Kier molecular flexibility index (Phi) is 6.66. The summed E-state index contributed by atoms with van der Waals surface area (Å²) in [5, 5.41) is 0.229. The average Bonchev–Trinajstić information content (AvgIpc) is 3.15. The Morgan fingerprint density at radius 1 is 1.20 bits per heavy atom. The maximum atomic E-state index is 15.4. The highest BCUT2D eigenvalue weighted by Gasteiger charge is 2.31. The molecule has 2 heterocycles. The van der Waals surface area contributed by atoms with Crippen molar-refractivity contribution < 1.29 is 17.6 Å². The van der Waals surface area contributed by atoms with Crippen LogP contribution in [-0.4, -0.2) is 28.6 Å². The number of rotatable bonds is 6. The molecule has 0 radical (unpaired) electrons. The molecule has 7 nitrogen and oxygen atoms in total. The lowest BCUT2D eigenvalue weighted by molar-refractivity contribution is 0.100. The van der Waals surface area contributed by atoms with Gasteiger partial charge in [0.15, 0.2) is 0 Å². The summed E-state index contributed by atoms with van der Waals surface area (Å²) in [7, 11) is -3.65. The summed E-state index contributed by atoms with van der Waals surface area (Å²) in [6.07, 6.45) is 7.27. The molecular weight excluding hydrogens is 467 g/mol. The third kappa shape index (κ3) is 4.66. The second-order valence-electron chi connectivity index (χ2n) is 10.2. The number of carbonyl (C=O) groups excluding carboxylic acids is 1. The lowest BCUT2D eigenvalue weighted by atomic mass is 9.94. The Hall–Kier alpha value is -2.94. The molecule has 0 bridgehead atoms. The van der Waals surface area contributed by atoms with Gasteiger partial charge in [-0.15, -0.1) is 0 Å². The standard InChI is InChI=1S/C26H33FN4O3S/c1-5-16-13-19(27)22-20(14-16)31(18-9-7-6-8-10-18)24(23(22)25(28)32)17-11-12-21(29-15-17)30-35(33,34)26(2,3)4/h11-15,18H,5-10H2,1-4H3,(H2,28,32)(H,29,30). The lowest BCUT2D eigenvalue weighted by Gasteiger charge is -2.27. The first-order valence-electron chi connectivity index (χ1n) is 12.1. The van der Waals surface area contributed by atoms with Crippen LogP contribution in [-0.2, 0) is 16.4 Å². The van der Waals surface area contributed by atoms with Gasteiger partial charge in [-0.25, -0.2) is 17.8 Å². The molecule has 1 fully saturated rings. The number of pyridine rings is 1. The maximum Gasteiger partial charge on any atom is 0.251 e. The predicted molar refractivity (Wildman–Crippen MR) is 137 cm³/mol. The van der Waals surface area contributed by atoms with Crippen molar-refractivity contribution in [2.24, 2.45) is 5.73 Å². The van der Waals surface area contributed by atoms with Crippen LogP contribution >= 0.6 is 0 Å². The molecule has 1 aromatic carbocycles. The summed E-state index contributed by atoms with van der Waals surface area (Å²) >= 11 is 0. The number of aryl methyl sites for hydroxylation is 1. The number of sulfonamides is 1. The second-order valence-corrected chi connectivity index (χ2v) is 12.7. The molecule has 1 aliphatic carbocycles. The van der Waals surface area contributed by atoms with Gasteiger partial charge in [-0.1, -0.05) is 26.2 Å². The molecular formula is C26H33FN4O3S. The molecule has 4 rings (SSSR count). The molecule has 3 N–H and O–H groups in total. The molecule has 0 atom stereocenters. The van der Waals surface area contributed by atoms with Crippen LogP contribution in [0.1, 0.15) is 81.8 Å². The smallest absolute Gasteiger partial charge is 0.251 e. The van der Waals surface area contributed by atoms with Gasteiger partial charge in [0.1, 0.15) is 11.6 Å². The third-order valence-electron chi connectivity index (χ3n) is 6.79. The Balaban J connectivity index is 1.93. The number of amides is 1. The van der Waals surface area contributed by atoms with Gasteiger partial charge in [0.2, 0.25) is 10.0 Å². The lowest BCUT2D eigenvalue weighted by Crippen LogP contribution is -2.33. The minimum absolute atomic E-state index is 0.0972. The largest absolute Gasteiger partial charge is 0.366 e. The number of primary amides is 1. The summed E-state index contributed by atoms with van der Waals surface area (Å²) in [5.41, 5.74) is 8.58. The molecule has 35 heavy (non-hydrogen) atoms. The van der Waals surface area contributed by atoms with Gasteiger partial charge in [-0.2, -0.15) is 0 Å². The molecule has 0 unspecified atom stereocenters. The van der Waals surface area contributed by atoms with E-state index in [1.165, 1.54) is 12.3 Å². The van der Waals surface area contributed by atoms with Crippen molar-refractivity contribution in [2.45, 2.75) is 77.0 Å². The van der Waals surface area contributed by atoms with Crippen LogP contribution in [0.4, 0.5) is 10.2 Å². The molecule has 1 saturated carbocycles. The van der Waals surface area contributed by atoms with Gasteiger partial charge in [-0.3, -0.25) is 9.52 Å². The Morgan fingerprint density at radius 3 is 2.43 bits per heavy atom. The van der Waals surface area contributed by atoms with Gasteiger partial charge in [0.05, 0.1) is 21.5 Å². The number of nitrogens with zero attached hydrogens (tertiary/aromatic N) is 2. The molecule has 0 spiro atoms. The molecule has 188 valence electrons. The summed E-state index contributed by atoms with van der Waals surface area (Å²) in [4.78, 5) is 17.0. The summed E-state index contributed by atoms with van der Waals surface area (Å²) in [6.45, 7) is 6.77. The Morgan fingerprint density at radius 2 is 1.89 bits per heavy atom. The number of hydrogen-bond acceptors (Lipinski definition) is 4. The fraction of sp³-hybridized carbons (Fsp3) is 0.462. The van der Waals surface area contributed by atoms with Crippen molar-refractivity contribution in [1.29, 1.82) is 0 Å². The molecule has 1 amide bonds. The predicted octanol–water partition coefficient (Wildman–Crippen LogP) is 5.55. The molecule has 1 aliphatic rings. The van der Waals surface area contributed by atoms with E-state index < -0.39 is 26.5 Å². The average molecular weight is 501 g/mol. The van der Waals surface area contributed by atoms with Crippen LogP contribution in [0, 0.1) is 5.82 Å².